The van der Waals surface area contributed by atoms with Gasteiger partial charge in [0.05, 0.1) is 5.69 Å². The smallest absolute Gasteiger partial charge is 0.221 e. The number of benzene rings is 1. The van der Waals surface area contributed by atoms with E-state index < -0.39 is 0 Å². The van der Waals surface area contributed by atoms with Gasteiger partial charge in [0.15, 0.2) is 0 Å². The maximum absolute atomic E-state index is 11.3. The van der Waals surface area contributed by atoms with Crippen LogP contribution in [0.4, 0.5) is 0 Å². The van der Waals surface area contributed by atoms with Gasteiger partial charge in [-0.25, -0.2) is 9.67 Å². The first-order valence-electron chi connectivity index (χ1n) is 5.70. The predicted octanol–water partition coefficient (Wildman–Crippen LogP) is 0.654. The minimum atomic E-state index is -0.0298. The van der Waals surface area contributed by atoms with Crippen molar-refractivity contribution in [3.63, 3.8) is 0 Å². The molecule has 0 saturated heterocycles. The highest BCUT2D eigenvalue weighted by atomic mass is 35.5. The van der Waals surface area contributed by atoms with Gasteiger partial charge in [0.2, 0.25) is 5.91 Å². The van der Waals surface area contributed by atoms with Crippen LogP contribution in [0, 0.1) is 0 Å². The number of amides is 1. The van der Waals surface area contributed by atoms with Gasteiger partial charge in [0.1, 0.15) is 12.7 Å². The van der Waals surface area contributed by atoms with Crippen molar-refractivity contribution in [3.8, 4) is 5.69 Å². The molecule has 0 unspecified atom stereocenters. The normalized spacial score (nSPS) is 9.74. The lowest BCUT2D eigenvalue weighted by atomic mass is 10.2. The third-order valence-electron chi connectivity index (χ3n) is 2.48. The zero-order chi connectivity index (χ0) is 12.8. The number of hydrogen-bond donors (Lipinski definition) is 2. The Labute approximate surface area is 117 Å². The van der Waals surface area contributed by atoms with Crippen LogP contribution in [0.15, 0.2) is 36.9 Å². The van der Waals surface area contributed by atoms with Crippen LogP contribution >= 0.6 is 12.4 Å². The molecule has 0 radical (unpaired) electrons. The fraction of sp³-hybridized carbons (Fsp3) is 0.250. The number of rotatable bonds is 5. The first-order chi connectivity index (χ1) is 8.79. The first-order valence-corrected chi connectivity index (χ1v) is 5.70. The summed E-state index contributed by atoms with van der Waals surface area (Å²) in [4.78, 5) is 15.1. The Morgan fingerprint density at radius 1 is 1.32 bits per heavy atom. The van der Waals surface area contributed by atoms with Gasteiger partial charge in [-0.15, -0.1) is 12.4 Å². The molecule has 0 spiro atoms. The summed E-state index contributed by atoms with van der Waals surface area (Å²) in [5.41, 5.74) is 7.26. The molecule has 0 atom stereocenters. The van der Waals surface area contributed by atoms with E-state index in [0.717, 1.165) is 11.3 Å². The standard InChI is InChI=1S/C12H15N5O.ClH/c13-6-5-12(18)15-7-10-1-3-11(4-2-10)17-9-14-8-16-17;/h1-4,8-9H,5-7,13H2,(H,15,18);1H. The summed E-state index contributed by atoms with van der Waals surface area (Å²) in [6.45, 7) is 0.882. The van der Waals surface area contributed by atoms with Gasteiger partial charge < -0.3 is 11.1 Å². The summed E-state index contributed by atoms with van der Waals surface area (Å²) >= 11 is 0. The van der Waals surface area contributed by atoms with E-state index in [1.54, 1.807) is 11.0 Å². The molecular weight excluding hydrogens is 266 g/mol. The van der Waals surface area contributed by atoms with E-state index in [1.165, 1.54) is 6.33 Å². The molecule has 0 aliphatic heterocycles. The molecule has 1 heterocycles. The molecule has 1 amide bonds. The molecule has 2 rings (SSSR count). The number of aromatic nitrogens is 3. The van der Waals surface area contributed by atoms with E-state index in [0.29, 0.717) is 19.5 Å². The van der Waals surface area contributed by atoms with Crippen molar-refractivity contribution < 1.29 is 4.79 Å². The Hall–Kier alpha value is -1.92. The summed E-state index contributed by atoms with van der Waals surface area (Å²) in [6, 6.07) is 7.75. The molecule has 1 aromatic heterocycles. The van der Waals surface area contributed by atoms with E-state index in [1.807, 2.05) is 24.3 Å². The molecule has 2 aromatic rings. The lowest BCUT2D eigenvalue weighted by Gasteiger charge is -2.05. The van der Waals surface area contributed by atoms with Crippen LogP contribution in [-0.4, -0.2) is 27.2 Å². The molecular formula is C12H16ClN5O. The third-order valence-corrected chi connectivity index (χ3v) is 2.48. The highest BCUT2D eigenvalue weighted by Crippen LogP contribution is 2.07. The van der Waals surface area contributed by atoms with Crippen molar-refractivity contribution in [2.45, 2.75) is 13.0 Å². The van der Waals surface area contributed by atoms with E-state index in [9.17, 15) is 4.79 Å². The molecule has 102 valence electrons. The van der Waals surface area contributed by atoms with Crippen LogP contribution in [0.5, 0.6) is 0 Å². The maximum atomic E-state index is 11.3. The van der Waals surface area contributed by atoms with Gasteiger partial charge in [-0.2, -0.15) is 5.10 Å². The summed E-state index contributed by atoms with van der Waals surface area (Å²) in [5.74, 6) is -0.0298. The third kappa shape index (κ3) is 4.35. The molecule has 3 N–H and O–H groups in total. The molecule has 0 aliphatic rings. The van der Waals surface area contributed by atoms with Gasteiger partial charge in [-0.3, -0.25) is 4.79 Å². The predicted molar refractivity (Wildman–Crippen MR) is 74.1 cm³/mol. The summed E-state index contributed by atoms with van der Waals surface area (Å²) < 4.78 is 1.68. The van der Waals surface area contributed by atoms with E-state index in [2.05, 4.69) is 15.4 Å². The maximum Gasteiger partial charge on any atom is 0.221 e. The lowest BCUT2D eigenvalue weighted by Crippen LogP contribution is -2.24. The highest BCUT2D eigenvalue weighted by molar-refractivity contribution is 5.85. The SMILES string of the molecule is Cl.NCCC(=O)NCc1ccc(-n2cncn2)cc1. The van der Waals surface area contributed by atoms with Crippen molar-refractivity contribution in [2.24, 2.45) is 5.73 Å². The van der Waals surface area contributed by atoms with Crippen LogP contribution in [-0.2, 0) is 11.3 Å². The van der Waals surface area contributed by atoms with Gasteiger partial charge in [-0.05, 0) is 17.7 Å². The second-order valence-corrected chi connectivity index (χ2v) is 3.82. The van der Waals surface area contributed by atoms with E-state index >= 15 is 0 Å². The van der Waals surface area contributed by atoms with Crippen molar-refractivity contribution in [1.29, 1.82) is 0 Å². The molecule has 0 saturated carbocycles. The van der Waals surface area contributed by atoms with Gasteiger partial charge >= 0.3 is 0 Å². The van der Waals surface area contributed by atoms with E-state index in [4.69, 9.17) is 5.73 Å². The minimum absolute atomic E-state index is 0. The summed E-state index contributed by atoms with van der Waals surface area (Å²) in [6.07, 6.45) is 3.48. The van der Waals surface area contributed by atoms with Crippen molar-refractivity contribution >= 4 is 18.3 Å². The fourth-order valence-corrected chi connectivity index (χ4v) is 1.53. The number of nitrogens with zero attached hydrogens (tertiary/aromatic N) is 3. The van der Waals surface area contributed by atoms with Gasteiger partial charge in [0, 0.05) is 19.5 Å². The topological polar surface area (TPSA) is 85.8 Å². The fourth-order valence-electron chi connectivity index (χ4n) is 1.53. The van der Waals surface area contributed by atoms with E-state index in [-0.39, 0.29) is 18.3 Å². The zero-order valence-corrected chi connectivity index (χ0v) is 11.1. The van der Waals surface area contributed by atoms with Crippen LogP contribution in [0.25, 0.3) is 5.69 Å². The number of nitrogens with one attached hydrogen (secondary N) is 1. The number of hydrogen-bond acceptors (Lipinski definition) is 4. The zero-order valence-electron chi connectivity index (χ0n) is 10.3. The average molecular weight is 282 g/mol. The minimum Gasteiger partial charge on any atom is -0.352 e. The van der Waals surface area contributed by atoms with Crippen LogP contribution in [0.2, 0.25) is 0 Å². The Balaban J connectivity index is 0.00000180. The monoisotopic (exact) mass is 281 g/mol. The molecule has 0 bridgehead atoms. The van der Waals surface area contributed by atoms with Crippen LogP contribution in [0.1, 0.15) is 12.0 Å². The second-order valence-electron chi connectivity index (χ2n) is 3.82. The van der Waals surface area contributed by atoms with Crippen molar-refractivity contribution in [2.75, 3.05) is 6.54 Å². The van der Waals surface area contributed by atoms with Gasteiger partial charge in [-0.1, -0.05) is 12.1 Å². The second kappa shape index (κ2) is 7.50. The highest BCUT2D eigenvalue weighted by Gasteiger charge is 2.00. The summed E-state index contributed by atoms with van der Waals surface area (Å²) in [7, 11) is 0. The lowest BCUT2D eigenvalue weighted by molar-refractivity contribution is -0.121. The summed E-state index contributed by atoms with van der Waals surface area (Å²) in [5, 5.41) is 6.84. The first kappa shape index (κ1) is 15.1. The van der Waals surface area contributed by atoms with Crippen molar-refractivity contribution in [1.82, 2.24) is 20.1 Å². The molecule has 19 heavy (non-hydrogen) atoms. The largest absolute Gasteiger partial charge is 0.352 e. The molecule has 6 nitrogen and oxygen atoms in total. The Bertz CT molecular complexity index is 497. The van der Waals surface area contributed by atoms with Crippen LogP contribution in [0.3, 0.4) is 0 Å². The Kier molecular flexibility index (Phi) is 5.98. The number of halogens is 1. The molecule has 0 aliphatic carbocycles. The quantitative estimate of drug-likeness (QED) is 0.843. The molecule has 1 aromatic carbocycles. The Morgan fingerprint density at radius 3 is 2.63 bits per heavy atom. The van der Waals surface area contributed by atoms with Crippen molar-refractivity contribution in [3.05, 3.63) is 42.5 Å². The van der Waals surface area contributed by atoms with Gasteiger partial charge in [0.25, 0.3) is 0 Å². The Morgan fingerprint density at radius 2 is 2.05 bits per heavy atom. The number of carbonyl (C=O) groups excluding carboxylic acids is 1. The van der Waals surface area contributed by atoms with Crippen LogP contribution < -0.4 is 11.1 Å². The number of carbonyl (C=O) groups is 1. The molecule has 0 fully saturated rings. The number of nitrogens with two attached hydrogens (primary N) is 1. The molecule has 7 heteroatoms. The average Bonchev–Trinajstić information content (AvgIpc) is 2.91.